The lowest BCUT2D eigenvalue weighted by Gasteiger charge is -2.29. The molecule has 1 aliphatic carbocycles. The van der Waals surface area contributed by atoms with Crippen LogP contribution in [-0.4, -0.2) is 61.4 Å². The summed E-state index contributed by atoms with van der Waals surface area (Å²) in [5.41, 5.74) is 2.38. The quantitative estimate of drug-likeness (QED) is 0.504. The van der Waals surface area contributed by atoms with Crippen molar-refractivity contribution in [1.29, 1.82) is 0 Å². The summed E-state index contributed by atoms with van der Waals surface area (Å²) in [5.74, 6) is 0.441. The Hall–Kier alpha value is -2.90. The molecule has 35 heavy (non-hydrogen) atoms. The summed E-state index contributed by atoms with van der Waals surface area (Å²) >= 11 is 6.46. The first-order chi connectivity index (χ1) is 17.0. The van der Waals surface area contributed by atoms with Gasteiger partial charge in [0.15, 0.2) is 0 Å². The summed E-state index contributed by atoms with van der Waals surface area (Å²) in [4.78, 5) is 28.5. The van der Waals surface area contributed by atoms with Crippen molar-refractivity contribution in [2.45, 2.75) is 38.1 Å². The number of hydrazone groups is 1. The maximum absolute atomic E-state index is 13.7. The van der Waals surface area contributed by atoms with Crippen LogP contribution in [-0.2, 0) is 14.3 Å². The Morgan fingerprint density at radius 2 is 1.80 bits per heavy atom. The molecule has 0 N–H and O–H groups in total. The molecular weight excluding hydrogens is 466 g/mol. The molecule has 1 aliphatic heterocycles. The summed E-state index contributed by atoms with van der Waals surface area (Å²) in [6, 6.07) is 14.8. The molecule has 1 heterocycles. The lowest BCUT2D eigenvalue weighted by Crippen LogP contribution is -2.44. The highest BCUT2D eigenvalue weighted by Crippen LogP contribution is 2.38. The minimum atomic E-state index is -0.365. The minimum absolute atomic E-state index is 0.0227. The Labute approximate surface area is 211 Å². The van der Waals surface area contributed by atoms with Crippen LogP contribution in [0.4, 0.5) is 0 Å². The van der Waals surface area contributed by atoms with Gasteiger partial charge in [-0.2, -0.15) is 5.10 Å². The molecule has 0 bridgehead atoms. The fourth-order valence-electron chi connectivity index (χ4n) is 4.92. The van der Waals surface area contributed by atoms with Crippen molar-refractivity contribution in [3.8, 4) is 5.75 Å². The van der Waals surface area contributed by atoms with Crippen molar-refractivity contribution in [3.05, 3.63) is 64.7 Å². The number of hydrogen-bond acceptors (Lipinski definition) is 5. The van der Waals surface area contributed by atoms with Crippen molar-refractivity contribution in [2.24, 2.45) is 11.0 Å². The van der Waals surface area contributed by atoms with Crippen LogP contribution in [0.3, 0.4) is 0 Å². The van der Waals surface area contributed by atoms with Gasteiger partial charge in [-0.3, -0.25) is 9.59 Å². The third kappa shape index (κ3) is 5.68. The predicted molar refractivity (Wildman–Crippen MR) is 136 cm³/mol. The Morgan fingerprint density at radius 1 is 1.09 bits per heavy atom. The van der Waals surface area contributed by atoms with Crippen LogP contribution in [0.1, 0.15) is 49.3 Å². The third-order valence-corrected chi connectivity index (χ3v) is 7.09. The summed E-state index contributed by atoms with van der Waals surface area (Å²) in [7, 11) is 3.21. The predicted octanol–water partition coefficient (Wildman–Crippen LogP) is 4.69. The molecule has 8 heteroatoms. The SMILES string of the molecule is COCCN(CC(=O)N1N=C(c2ccccc2Cl)C[C@@H]1c1ccccc1OC)C(=O)C1CCCC1. The second kappa shape index (κ2) is 11.7. The molecule has 7 nitrogen and oxygen atoms in total. The summed E-state index contributed by atoms with van der Waals surface area (Å²) in [5, 5.41) is 6.81. The first-order valence-corrected chi connectivity index (χ1v) is 12.5. The number of para-hydroxylation sites is 1. The van der Waals surface area contributed by atoms with E-state index < -0.39 is 0 Å². The van der Waals surface area contributed by atoms with Gasteiger partial charge in [-0.15, -0.1) is 0 Å². The first-order valence-electron chi connectivity index (χ1n) is 12.1. The topological polar surface area (TPSA) is 71.4 Å². The number of amides is 2. The van der Waals surface area contributed by atoms with Gasteiger partial charge in [-0.1, -0.05) is 60.8 Å². The summed E-state index contributed by atoms with van der Waals surface area (Å²) < 4.78 is 10.8. The molecule has 0 aromatic heterocycles. The van der Waals surface area contributed by atoms with Crippen LogP contribution < -0.4 is 4.74 Å². The van der Waals surface area contributed by atoms with Crippen LogP contribution in [0.2, 0.25) is 5.02 Å². The number of nitrogens with zero attached hydrogens (tertiary/aromatic N) is 3. The highest BCUT2D eigenvalue weighted by molar-refractivity contribution is 6.34. The van der Waals surface area contributed by atoms with E-state index in [0.717, 1.165) is 42.5 Å². The van der Waals surface area contributed by atoms with Crippen LogP contribution in [0.15, 0.2) is 53.6 Å². The standard InChI is InChI=1S/C27H32ClN3O4/c1-34-16-15-30(27(33)19-9-3-4-10-19)18-26(32)31-24(21-12-6-8-14-25(21)35-2)17-23(29-31)20-11-5-7-13-22(20)28/h5-8,11-14,19,24H,3-4,9-10,15-18H2,1-2H3/t24-/m1/s1. The van der Waals surface area contributed by atoms with Crippen molar-refractivity contribution in [3.63, 3.8) is 0 Å². The van der Waals surface area contributed by atoms with Gasteiger partial charge < -0.3 is 14.4 Å². The van der Waals surface area contributed by atoms with Gasteiger partial charge in [-0.25, -0.2) is 5.01 Å². The second-order valence-electron chi connectivity index (χ2n) is 8.96. The molecule has 2 amide bonds. The van der Waals surface area contributed by atoms with Gasteiger partial charge in [0.25, 0.3) is 5.91 Å². The molecule has 1 atom stereocenters. The maximum atomic E-state index is 13.7. The average Bonchev–Trinajstić information content (AvgIpc) is 3.57. The van der Waals surface area contributed by atoms with Gasteiger partial charge in [0.05, 0.1) is 25.5 Å². The number of hydrogen-bond donors (Lipinski definition) is 0. The fourth-order valence-corrected chi connectivity index (χ4v) is 5.16. The van der Waals surface area contributed by atoms with Gasteiger partial charge in [0, 0.05) is 42.1 Å². The van der Waals surface area contributed by atoms with Crippen LogP contribution in [0.25, 0.3) is 0 Å². The van der Waals surface area contributed by atoms with Crippen LogP contribution >= 0.6 is 11.6 Å². The highest BCUT2D eigenvalue weighted by Gasteiger charge is 2.37. The molecule has 0 unspecified atom stereocenters. The Bertz CT molecular complexity index is 1080. The van der Waals surface area contributed by atoms with Gasteiger partial charge >= 0.3 is 0 Å². The zero-order valence-corrected chi connectivity index (χ0v) is 21.0. The number of halogens is 1. The zero-order valence-electron chi connectivity index (χ0n) is 20.3. The summed E-state index contributed by atoms with van der Waals surface area (Å²) in [6.07, 6.45) is 4.34. The highest BCUT2D eigenvalue weighted by atomic mass is 35.5. The minimum Gasteiger partial charge on any atom is -0.496 e. The number of ether oxygens (including phenoxy) is 2. The van der Waals surface area contributed by atoms with Crippen molar-refractivity contribution < 1.29 is 19.1 Å². The zero-order chi connectivity index (χ0) is 24.8. The third-order valence-electron chi connectivity index (χ3n) is 6.76. The van der Waals surface area contributed by atoms with E-state index in [1.807, 2.05) is 48.5 Å². The lowest BCUT2D eigenvalue weighted by molar-refractivity contribution is -0.144. The van der Waals surface area contributed by atoms with E-state index in [4.69, 9.17) is 26.2 Å². The molecule has 186 valence electrons. The molecule has 2 aliphatic rings. The second-order valence-corrected chi connectivity index (χ2v) is 9.37. The molecule has 1 saturated carbocycles. The monoisotopic (exact) mass is 497 g/mol. The summed E-state index contributed by atoms with van der Waals surface area (Å²) in [6.45, 7) is 0.686. The molecule has 2 aromatic carbocycles. The van der Waals surface area contributed by atoms with Crippen LogP contribution in [0, 0.1) is 5.92 Å². The number of carbonyl (C=O) groups is 2. The molecule has 0 radical (unpaired) electrons. The Kier molecular flexibility index (Phi) is 8.42. The molecule has 0 spiro atoms. The molecular formula is C27H32ClN3O4. The van der Waals surface area contributed by atoms with Crippen molar-refractivity contribution in [2.75, 3.05) is 33.9 Å². The van der Waals surface area contributed by atoms with Gasteiger partial charge in [0.1, 0.15) is 12.3 Å². The number of carbonyl (C=O) groups excluding carboxylic acids is 2. The normalized spacial score (nSPS) is 18.0. The van der Waals surface area contributed by atoms with E-state index in [9.17, 15) is 9.59 Å². The van der Waals surface area contributed by atoms with E-state index in [0.29, 0.717) is 30.3 Å². The van der Waals surface area contributed by atoms with Crippen molar-refractivity contribution >= 4 is 29.1 Å². The molecule has 1 fully saturated rings. The van der Waals surface area contributed by atoms with Gasteiger partial charge in [0.2, 0.25) is 5.91 Å². The molecule has 2 aromatic rings. The Balaban J connectivity index is 1.64. The first kappa shape index (κ1) is 25.2. The van der Waals surface area contributed by atoms with E-state index >= 15 is 0 Å². The maximum Gasteiger partial charge on any atom is 0.262 e. The van der Waals surface area contributed by atoms with E-state index in [1.165, 1.54) is 5.01 Å². The lowest BCUT2D eigenvalue weighted by atomic mass is 9.97. The molecule has 4 rings (SSSR count). The smallest absolute Gasteiger partial charge is 0.262 e. The van der Waals surface area contributed by atoms with E-state index in [-0.39, 0.29) is 30.3 Å². The Morgan fingerprint density at radius 3 is 2.51 bits per heavy atom. The fraction of sp³-hybridized carbons (Fsp3) is 0.444. The largest absolute Gasteiger partial charge is 0.496 e. The molecule has 0 saturated heterocycles. The van der Waals surface area contributed by atoms with E-state index in [2.05, 4.69) is 0 Å². The number of benzene rings is 2. The van der Waals surface area contributed by atoms with Crippen molar-refractivity contribution in [1.82, 2.24) is 9.91 Å². The van der Waals surface area contributed by atoms with Gasteiger partial charge in [-0.05, 0) is 25.0 Å². The van der Waals surface area contributed by atoms with E-state index in [1.54, 1.807) is 19.1 Å². The van der Waals surface area contributed by atoms with Crippen LogP contribution in [0.5, 0.6) is 5.75 Å². The average molecular weight is 498 g/mol. The number of rotatable bonds is 9. The number of methoxy groups -OCH3 is 2.